The first-order chi connectivity index (χ1) is 11.6. The third-order valence-corrected chi connectivity index (χ3v) is 4.90. The molecule has 1 N–H and O–H groups in total. The van der Waals surface area contributed by atoms with Gasteiger partial charge in [0.15, 0.2) is 5.78 Å². The Kier molecular flexibility index (Phi) is 5.76. The molecule has 2 unspecified atom stereocenters. The topological polar surface area (TPSA) is 93.1 Å². The summed E-state index contributed by atoms with van der Waals surface area (Å²) in [5, 5.41) is 9.10. The molecule has 2 aliphatic rings. The standard InChI is InChI=1S/C18H29NO6/c1-5-13(20)15-12(10-14(21)24-17(2,3)4)11-18(25-15)6-8-19(9-7-18)16(22)23/h12,15H,5-11H2,1-4H3,(H,22,23). The Bertz CT molecular complexity index is 530. The number of nitrogens with zero attached hydrogens (tertiary/aromatic N) is 1. The average Bonchev–Trinajstić information content (AvgIpc) is 2.83. The normalized spacial score (nSPS) is 25.8. The number of hydrogen-bond donors (Lipinski definition) is 1. The molecule has 0 aromatic rings. The molecular formula is C18H29NO6. The van der Waals surface area contributed by atoms with Crippen molar-refractivity contribution in [2.75, 3.05) is 13.1 Å². The number of ketones is 1. The van der Waals surface area contributed by atoms with E-state index in [0.717, 1.165) is 0 Å². The van der Waals surface area contributed by atoms with Gasteiger partial charge in [-0.25, -0.2) is 4.79 Å². The summed E-state index contributed by atoms with van der Waals surface area (Å²) in [6.07, 6.45) is 0.671. The third-order valence-electron chi connectivity index (χ3n) is 4.90. The molecule has 0 bridgehead atoms. The maximum atomic E-state index is 12.3. The van der Waals surface area contributed by atoms with Gasteiger partial charge in [0.25, 0.3) is 0 Å². The van der Waals surface area contributed by atoms with Gasteiger partial charge in [0.1, 0.15) is 11.7 Å². The lowest BCUT2D eigenvalue weighted by Crippen LogP contribution is -2.46. The van der Waals surface area contributed by atoms with E-state index >= 15 is 0 Å². The van der Waals surface area contributed by atoms with Gasteiger partial charge in [-0.1, -0.05) is 6.92 Å². The van der Waals surface area contributed by atoms with E-state index in [-0.39, 0.29) is 24.1 Å². The van der Waals surface area contributed by atoms with Crippen LogP contribution in [0.2, 0.25) is 0 Å². The molecule has 2 aliphatic heterocycles. The Hall–Kier alpha value is -1.63. The highest BCUT2D eigenvalue weighted by Gasteiger charge is 2.50. The van der Waals surface area contributed by atoms with Crippen LogP contribution < -0.4 is 0 Å². The van der Waals surface area contributed by atoms with Crippen LogP contribution in [0.4, 0.5) is 4.79 Å². The molecule has 0 aliphatic carbocycles. The molecule has 0 saturated carbocycles. The van der Waals surface area contributed by atoms with Crippen LogP contribution >= 0.6 is 0 Å². The summed E-state index contributed by atoms with van der Waals surface area (Å²) in [6, 6.07) is 0. The molecule has 7 nitrogen and oxygen atoms in total. The van der Waals surface area contributed by atoms with Gasteiger partial charge < -0.3 is 19.5 Å². The van der Waals surface area contributed by atoms with Crippen LogP contribution in [0.15, 0.2) is 0 Å². The predicted molar refractivity (Wildman–Crippen MR) is 90.3 cm³/mol. The van der Waals surface area contributed by atoms with E-state index in [2.05, 4.69) is 0 Å². The molecule has 0 aromatic carbocycles. The highest BCUT2D eigenvalue weighted by atomic mass is 16.6. The molecule has 25 heavy (non-hydrogen) atoms. The molecule has 0 aromatic heterocycles. The van der Waals surface area contributed by atoms with Gasteiger partial charge in [-0.15, -0.1) is 0 Å². The second kappa shape index (κ2) is 7.32. The van der Waals surface area contributed by atoms with Crippen LogP contribution in [0.1, 0.15) is 59.8 Å². The summed E-state index contributed by atoms with van der Waals surface area (Å²) in [5.74, 6) is -0.542. The lowest BCUT2D eigenvalue weighted by Gasteiger charge is -2.37. The minimum absolute atomic E-state index is 0.00824. The van der Waals surface area contributed by atoms with E-state index in [4.69, 9.17) is 14.6 Å². The second-order valence-electron chi connectivity index (χ2n) is 8.07. The van der Waals surface area contributed by atoms with Crippen molar-refractivity contribution < 1.29 is 29.0 Å². The molecule has 2 fully saturated rings. The highest BCUT2D eigenvalue weighted by molar-refractivity contribution is 5.84. The molecule has 2 atom stereocenters. The Labute approximate surface area is 148 Å². The fourth-order valence-corrected chi connectivity index (χ4v) is 3.73. The number of Topliss-reactive ketones (excluding diaryl/α,β-unsaturated/α-hetero) is 1. The quantitative estimate of drug-likeness (QED) is 0.779. The number of hydrogen-bond acceptors (Lipinski definition) is 5. The lowest BCUT2D eigenvalue weighted by molar-refractivity contribution is -0.157. The predicted octanol–water partition coefficient (Wildman–Crippen LogP) is 2.62. The molecule has 142 valence electrons. The molecule has 1 spiro atoms. The number of ether oxygens (including phenoxy) is 2. The van der Waals surface area contributed by atoms with Crippen molar-refractivity contribution in [3.63, 3.8) is 0 Å². The molecule has 2 rings (SSSR count). The first-order valence-electron chi connectivity index (χ1n) is 8.95. The molecule has 2 saturated heterocycles. The zero-order valence-electron chi connectivity index (χ0n) is 15.5. The molecule has 7 heteroatoms. The van der Waals surface area contributed by atoms with Gasteiger partial charge in [0.2, 0.25) is 0 Å². The zero-order chi connectivity index (χ0) is 18.8. The molecular weight excluding hydrogens is 326 g/mol. The third kappa shape index (κ3) is 4.93. The van der Waals surface area contributed by atoms with Crippen molar-refractivity contribution in [1.82, 2.24) is 4.90 Å². The van der Waals surface area contributed by atoms with Crippen LogP contribution in [-0.4, -0.2) is 58.2 Å². The molecule has 2 heterocycles. The van der Waals surface area contributed by atoms with Crippen LogP contribution in [0.3, 0.4) is 0 Å². The van der Waals surface area contributed by atoms with E-state index in [1.165, 1.54) is 4.90 Å². The number of esters is 1. The maximum absolute atomic E-state index is 12.3. The van der Waals surface area contributed by atoms with Gasteiger partial charge in [-0.05, 0) is 40.0 Å². The van der Waals surface area contributed by atoms with E-state index in [1.54, 1.807) is 6.92 Å². The Morgan fingerprint density at radius 2 is 1.84 bits per heavy atom. The van der Waals surface area contributed by atoms with E-state index < -0.39 is 23.4 Å². The van der Waals surface area contributed by atoms with E-state index in [9.17, 15) is 14.4 Å². The van der Waals surface area contributed by atoms with Crippen LogP contribution in [-0.2, 0) is 19.1 Å². The lowest BCUT2D eigenvalue weighted by atomic mass is 9.82. The number of piperidine rings is 1. The number of carboxylic acid groups (broad SMARTS) is 1. The SMILES string of the molecule is CCC(=O)C1OC2(CCN(C(=O)O)CC2)CC1CC(=O)OC(C)(C)C. The van der Waals surface area contributed by atoms with Gasteiger partial charge in [0.05, 0.1) is 12.0 Å². The van der Waals surface area contributed by atoms with Crippen molar-refractivity contribution in [3.8, 4) is 0 Å². The minimum atomic E-state index is -0.931. The minimum Gasteiger partial charge on any atom is -0.465 e. The summed E-state index contributed by atoms with van der Waals surface area (Å²) in [7, 11) is 0. The average molecular weight is 355 g/mol. The van der Waals surface area contributed by atoms with Gasteiger partial charge in [-0.2, -0.15) is 0 Å². The zero-order valence-corrected chi connectivity index (χ0v) is 15.5. The maximum Gasteiger partial charge on any atom is 0.407 e. The van der Waals surface area contributed by atoms with Crippen LogP contribution in [0.5, 0.6) is 0 Å². The summed E-state index contributed by atoms with van der Waals surface area (Å²) < 4.78 is 11.5. The Morgan fingerprint density at radius 3 is 2.32 bits per heavy atom. The number of likely N-dealkylation sites (tertiary alicyclic amines) is 1. The van der Waals surface area contributed by atoms with Crippen LogP contribution in [0, 0.1) is 5.92 Å². The van der Waals surface area contributed by atoms with Gasteiger partial charge in [0, 0.05) is 25.4 Å². The smallest absolute Gasteiger partial charge is 0.407 e. The Balaban J connectivity index is 2.06. The number of rotatable bonds is 4. The first kappa shape index (κ1) is 19.7. The summed E-state index contributed by atoms with van der Waals surface area (Å²) in [6.45, 7) is 8.01. The summed E-state index contributed by atoms with van der Waals surface area (Å²) in [4.78, 5) is 37.0. The largest absolute Gasteiger partial charge is 0.465 e. The molecule has 0 radical (unpaired) electrons. The van der Waals surface area contributed by atoms with Crippen molar-refractivity contribution in [2.45, 2.75) is 77.1 Å². The Morgan fingerprint density at radius 1 is 1.24 bits per heavy atom. The van der Waals surface area contributed by atoms with Gasteiger partial charge in [-0.3, -0.25) is 9.59 Å². The number of amides is 1. The number of carbonyl (C=O) groups excluding carboxylic acids is 2. The molecule has 1 amide bonds. The van der Waals surface area contributed by atoms with Crippen molar-refractivity contribution >= 4 is 17.8 Å². The highest BCUT2D eigenvalue weighted by Crippen LogP contribution is 2.44. The first-order valence-corrected chi connectivity index (χ1v) is 8.95. The fourth-order valence-electron chi connectivity index (χ4n) is 3.73. The van der Waals surface area contributed by atoms with E-state index in [1.807, 2.05) is 20.8 Å². The monoisotopic (exact) mass is 355 g/mol. The fraction of sp³-hybridized carbons (Fsp3) is 0.833. The van der Waals surface area contributed by atoms with Crippen molar-refractivity contribution in [3.05, 3.63) is 0 Å². The van der Waals surface area contributed by atoms with Gasteiger partial charge >= 0.3 is 12.1 Å². The summed E-state index contributed by atoms with van der Waals surface area (Å²) >= 11 is 0. The van der Waals surface area contributed by atoms with Crippen molar-refractivity contribution in [2.24, 2.45) is 5.92 Å². The van der Waals surface area contributed by atoms with Crippen LogP contribution in [0.25, 0.3) is 0 Å². The van der Waals surface area contributed by atoms with Crippen molar-refractivity contribution in [1.29, 1.82) is 0 Å². The second-order valence-corrected chi connectivity index (χ2v) is 8.07. The number of carbonyl (C=O) groups is 3. The van der Waals surface area contributed by atoms with E-state index in [0.29, 0.717) is 38.8 Å². The summed E-state index contributed by atoms with van der Waals surface area (Å²) in [5.41, 5.74) is -1.07.